The van der Waals surface area contributed by atoms with Crippen LogP contribution in [0, 0.1) is 0 Å². The maximum absolute atomic E-state index is 8.97. The van der Waals surface area contributed by atoms with Crippen molar-refractivity contribution in [1.29, 1.82) is 0 Å². The van der Waals surface area contributed by atoms with E-state index in [1.165, 1.54) is 0 Å². The summed E-state index contributed by atoms with van der Waals surface area (Å²) in [4.78, 5) is 0. The highest BCUT2D eigenvalue weighted by Gasteiger charge is 2.08. The first-order valence-electron chi connectivity index (χ1n) is 2.94. The molecule has 1 rings (SSSR count). The minimum atomic E-state index is -0.491. The number of hydrogen-bond donors (Lipinski definition) is 2. The van der Waals surface area contributed by atoms with Gasteiger partial charge in [-0.3, -0.25) is 0 Å². The van der Waals surface area contributed by atoms with Crippen molar-refractivity contribution in [3.8, 4) is 0 Å². The molecule has 1 atom stereocenters. The van der Waals surface area contributed by atoms with Gasteiger partial charge in [0.25, 0.3) is 0 Å². The van der Waals surface area contributed by atoms with Crippen molar-refractivity contribution in [3.05, 3.63) is 23.5 Å². The van der Waals surface area contributed by atoms with E-state index in [9.17, 15) is 0 Å². The molecule has 2 nitrogen and oxygen atoms in total. The maximum atomic E-state index is 8.97. The molecule has 0 spiro atoms. The van der Waals surface area contributed by atoms with Crippen LogP contribution in [0.15, 0.2) is 23.5 Å². The van der Waals surface area contributed by atoms with E-state index in [2.05, 4.69) is 0 Å². The zero-order valence-electron chi connectivity index (χ0n) is 5.33. The first-order valence-corrected chi connectivity index (χ1v) is 2.94. The first-order chi connectivity index (χ1) is 4.18. The molecule has 1 aliphatic rings. The third kappa shape index (κ3) is 1.57. The van der Waals surface area contributed by atoms with Crippen LogP contribution in [0.5, 0.6) is 0 Å². The molecule has 0 radical (unpaired) electrons. The molecule has 50 valence electrons. The predicted molar refractivity (Wildman–Crippen MR) is 35.1 cm³/mol. The smallest absolute Gasteiger partial charge is 0.0954 e. The first kappa shape index (κ1) is 6.36. The molecule has 0 aliphatic heterocycles. The summed E-state index contributed by atoms with van der Waals surface area (Å²) in [5.74, 6) is 0.266. The van der Waals surface area contributed by atoms with Gasteiger partial charge in [0.05, 0.1) is 11.9 Å². The average Bonchev–Trinajstić information content (AvgIpc) is 1.59. The van der Waals surface area contributed by atoms with E-state index in [0.29, 0.717) is 6.42 Å². The summed E-state index contributed by atoms with van der Waals surface area (Å²) in [6, 6.07) is 0. The van der Waals surface area contributed by atoms with Gasteiger partial charge in [-0.05, 0) is 18.6 Å². The van der Waals surface area contributed by atoms with Gasteiger partial charge < -0.3 is 10.2 Å². The molecule has 0 aromatic heterocycles. The molecular formula is C7H10O2. The molecule has 0 bridgehead atoms. The van der Waals surface area contributed by atoms with Gasteiger partial charge in [0, 0.05) is 6.42 Å². The third-order valence-electron chi connectivity index (χ3n) is 1.27. The highest BCUT2D eigenvalue weighted by molar-refractivity contribution is 5.24. The number of hydrogen-bond acceptors (Lipinski definition) is 2. The number of aliphatic hydroxyl groups is 2. The van der Waals surface area contributed by atoms with Gasteiger partial charge in [-0.1, -0.05) is 6.08 Å². The highest BCUT2D eigenvalue weighted by atomic mass is 16.3. The zero-order chi connectivity index (χ0) is 6.85. The molecule has 9 heavy (non-hydrogen) atoms. The summed E-state index contributed by atoms with van der Waals surface area (Å²) in [5.41, 5.74) is 0.922. The summed E-state index contributed by atoms with van der Waals surface area (Å²) in [7, 11) is 0. The van der Waals surface area contributed by atoms with E-state index in [1.807, 2.05) is 6.92 Å². The topological polar surface area (TPSA) is 40.5 Å². The Kier molecular flexibility index (Phi) is 1.58. The fourth-order valence-electron chi connectivity index (χ4n) is 0.947. The Hall–Kier alpha value is -0.760. The van der Waals surface area contributed by atoms with Crippen LogP contribution in [0.2, 0.25) is 0 Å². The Morgan fingerprint density at radius 2 is 2.33 bits per heavy atom. The SMILES string of the molecule is CC1=CC(O)CC(O)=C1. The average molecular weight is 126 g/mol. The summed E-state index contributed by atoms with van der Waals surface area (Å²) in [5, 5.41) is 17.9. The van der Waals surface area contributed by atoms with Gasteiger partial charge >= 0.3 is 0 Å². The van der Waals surface area contributed by atoms with E-state index < -0.39 is 6.10 Å². The Labute approximate surface area is 54.1 Å². The van der Waals surface area contributed by atoms with Crippen LogP contribution in [0.4, 0.5) is 0 Å². The zero-order valence-corrected chi connectivity index (χ0v) is 5.33. The van der Waals surface area contributed by atoms with Gasteiger partial charge in [0.15, 0.2) is 0 Å². The molecule has 1 aliphatic carbocycles. The largest absolute Gasteiger partial charge is 0.512 e. The van der Waals surface area contributed by atoms with Gasteiger partial charge in [-0.2, -0.15) is 0 Å². The molecule has 2 N–H and O–H groups in total. The Balaban J connectivity index is 2.74. The molecule has 0 aromatic carbocycles. The van der Waals surface area contributed by atoms with E-state index in [0.717, 1.165) is 5.57 Å². The van der Waals surface area contributed by atoms with E-state index in [-0.39, 0.29) is 5.76 Å². The molecule has 0 aromatic rings. The Morgan fingerprint density at radius 1 is 1.67 bits per heavy atom. The lowest BCUT2D eigenvalue weighted by molar-refractivity contribution is 0.198. The van der Waals surface area contributed by atoms with Crippen LogP contribution in [-0.2, 0) is 0 Å². The standard InChI is InChI=1S/C7H10O2/c1-5-2-6(8)4-7(9)3-5/h2-3,6,8-9H,4H2,1H3. The van der Waals surface area contributed by atoms with Crippen molar-refractivity contribution < 1.29 is 10.2 Å². The molecule has 1 unspecified atom stereocenters. The van der Waals surface area contributed by atoms with Crippen molar-refractivity contribution in [2.75, 3.05) is 0 Å². The van der Waals surface area contributed by atoms with Crippen LogP contribution < -0.4 is 0 Å². The lowest BCUT2D eigenvalue weighted by Crippen LogP contribution is -2.08. The summed E-state index contributed by atoms with van der Waals surface area (Å²) in [6.45, 7) is 1.85. The lowest BCUT2D eigenvalue weighted by atomic mass is 10.1. The van der Waals surface area contributed by atoms with Gasteiger partial charge in [0.2, 0.25) is 0 Å². The minimum Gasteiger partial charge on any atom is -0.512 e. The van der Waals surface area contributed by atoms with E-state index in [1.54, 1.807) is 12.2 Å². The fourth-order valence-corrected chi connectivity index (χ4v) is 0.947. The highest BCUT2D eigenvalue weighted by Crippen LogP contribution is 2.14. The van der Waals surface area contributed by atoms with Crippen molar-refractivity contribution in [3.63, 3.8) is 0 Å². The van der Waals surface area contributed by atoms with Gasteiger partial charge in [-0.15, -0.1) is 0 Å². The Bertz CT molecular complexity index is 168. The second-order valence-corrected chi connectivity index (χ2v) is 2.32. The van der Waals surface area contributed by atoms with Crippen molar-refractivity contribution in [1.82, 2.24) is 0 Å². The predicted octanol–water partition coefficient (Wildman–Crippen LogP) is 1.14. The van der Waals surface area contributed by atoms with E-state index >= 15 is 0 Å². The van der Waals surface area contributed by atoms with Crippen molar-refractivity contribution in [2.24, 2.45) is 0 Å². The maximum Gasteiger partial charge on any atom is 0.0954 e. The molecule has 2 heteroatoms. The molecule has 0 saturated heterocycles. The molecule has 0 fully saturated rings. The fraction of sp³-hybridized carbons (Fsp3) is 0.429. The lowest BCUT2D eigenvalue weighted by Gasteiger charge is -2.10. The Morgan fingerprint density at radius 3 is 2.78 bits per heavy atom. The second kappa shape index (κ2) is 2.23. The molecule has 0 saturated carbocycles. The van der Waals surface area contributed by atoms with Crippen molar-refractivity contribution in [2.45, 2.75) is 19.4 Å². The molecular weight excluding hydrogens is 116 g/mol. The molecule has 0 heterocycles. The van der Waals surface area contributed by atoms with Crippen LogP contribution in [-0.4, -0.2) is 16.3 Å². The number of aliphatic hydroxyl groups excluding tert-OH is 2. The summed E-state index contributed by atoms with van der Waals surface area (Å²) < 4.78 is 0. The third-order valence-corrected chi connectivity index (χ3v) is 1.27. The van der Waals surface area contributed by atoms with Gasteiger partial charge in [0.1, 0.15) is 0 Å². The monoisotopic (exact) mass is 126 g/mol. The quantitative estimate of drug-likeness (QED) is 0.511. The van der Waals surface area contributed by atoms with Crippen LogP contribution in [0.1, 0.15) is 13.3 Å². The summed E-state index contributed by atoms with van der Waals surface area (Å²) >= 11 is 0. The minimum absolute atomic E-state index is 0.266. The number of allylic oxidation sites excluding steroid dienone is 2. The van der Waals surface area contributed by atoms with Gasteiger partial charge in [-0.25, -0.2) is 0 Å². The normalized spacial score (nSPS) is 27.1. The van der Waals surface area contributed by atoms with Crippen LogP contribution in [0.3, 0.4) is 0 Å². The van der Waals surface area contributed by atoms with Crippen molar-refractivity contribution >= 4 is 0 Å². The van der Waals surface area contributed by atoms with E-state index in [4.69, 9.17) is 10.2 Å². The number of rotatable bonds is 0. The molecule has 0 amide bonds. The second-order valence-electron chi connectivity index (χ2n) is 2.32. The summed E-state index contributed by atoms with van der Waals surface area (Å²) in [6.07, 6.45) is 3.25. The van der Waals surface area contributed by atoms with Crippen LogP contribution in [0.25, 0.3) is 0 Å². The van der Waals surface area contributed by atoms with Crippen LogP contribution >= 0.6 is 0 Å².